The van der Waals surface area contributed by atoms with E-state index in [0.717, 1.165) is 22.3 Å². The fourth-order valence-electron chi connectivity index (χ4n) is 5.11. The van der Waals surface area contributed by atoms with E-state index in [0.29, 0.717) is 16.0 Å². The zero-order chi connectivity index (χ0) is 24.1. The Bertz CT molecular complexity index is 1250. The third-order valence-corrected chi connectivity index (χ3v) is 7.51. The molecule has 2 aromatic carbocycles. The van der Waals surface area contributed by atoms with Gasteiger partial charge in [-0.15, -0.1) is 0 Å². The van der Waals surface area contributed by atoms with Crippen LogP contribution in [0.1, 0.15) is 40.1 Å². The summed E-state index contributed by atoms with van der Waals surface area (Å²) >= 11 is 3.42. The summed E-state index contributed by atoms with van der Waals surface area (Å²) in [6.45, 7) is 4.24. The van der Waals surface area contributed by atoms with Gasteiger partial charge in [0.1, 0.15) is 17.6 Å². The standard InChI is InChI=1S/C25H26BrN3O5/c1-12-7-16(18(30)8-13(12)2)21-20-22(28-27-21)25(32)29(11-15-5-4-6-34-15)23(20)14-9-17(26)24(31)19(10-14)33-3/h4-10,20-23,27-28,30-31H,11H2,1-3H3. The van der Waals surface area contributed by atoms with Gasteiger partial charge in [0.25, 0.3) is 0 Å². The van der Waals surface area contributed by atoms with E-state index in [9.17, 15) is 15.0 Å². The van der Waals surface area contributed by atoms with Gasteiger partial charge in [-0.3, -0.25) is 4.79 Å². The second-order valence-electron chi connectivity index (χ2n) is 8.86. The van der Waals surface area contributed by atoms with E-state index in [1.807, 2.05) is 32.0 Å². The lowest BCUT2D eigenvalue weighted by atomic mass is 9.82. The van der Waals surface area contributed by atoms with Crippen molar-refractivity contribution in [1.29, 1.82) is 0 Å². The highest BCUT2D eigenvalue weighted by Gasteiger charge is 2.56. The average molecular weight is 528 g/mol. The molecule has 34 heavy (non-hydrogen) atoms. The number of methoxy groups -OCH3 is 1. The van der Waals surface area contributed by atoms with Crippen molar-refractivity contribution in [3.05, 3.63) is 75.1 Å². The molecule has 4 atom stereocenters. The van der Waals surface area contributed by atoms with Crippen molar-refractivity contribution in [2.75, 3.05) is 7.11 Å². The topological polar surface area (TPSA) is 107 Å². The minimum atomic E-state index is -0.510. The molecule has 2 aliphatic heterocycles. The molecule has 2 aliphatic rings. The lowest BCUT2D eigenvalue weighted by molar-refractivity contribution is -0.131. The van der Waals surface area contributed by atoms with E-state index in [1.165, 1.54) is 7.11 Å². The lowest BCUT2D eigenvalue weighted by Crippen LogP contribution is -2.41. The van der Waals surface area contributed by atoms with Gasteiger partial charge in [-0.05, 0) is 76.8 Å². The van der Waals surface area contributed by atoms with Gasteiger partial charge in [-0.25, -0.2) is 10.9 Å². The molecule has 4 N–H and O–H groups in total. The molecule has 3 heterocycles. The number of aryl methyl sites for hydroxylation is 2. The molecule has 0 radical (unpaired) electrons. The van der Waals surface area contributed by atoms with E-state index < -0.39 is 6.04 Å². The van der Waals surface area contributed by atoms with Crippen LogP contribution in [-0.4, -0.2) is 34.2 Å². The average Bonchev–Trinajstić information content (AvgIpc) is 3.52. The number of carbonyl (C=O) groups excluding carboxylic acids is 1. The van der Waals surface area contributed by atoms with Crippen molar-refractivity contribution in [2.24, 2.45) is 5.92 Å². The maximum Gasteiger partial charge on any atom is 0.242 e. The summed E-state index contributed by atoms with van der Waals surface area (Å²) in [5.74, 6) is 0.827. The molecule has 2 fully saturated rings. The van der Waals surface area contributed by atoms with Gasteiger partial charge in [0, 0.05) is 11.5 Å². The van der Waals surface area contributed by atoms with Gasteiger partial charge in [0.15, 0.2) is 11.5 Å². The number of phenols is 2. The molecule has 3 aromatic rings. The van der Waals surface area contributed by atoms with Crippen LogP contribution in [0.25, 0.3) is 0 Å². The summed E-state index contributed by atoms with van der Waals surface area (Å²) in [6, 6.07) is 9.69. The van der Waals surface area contributed by atoms with Gasteiger partial charge in [0.05, 0.1) is 36.5 Å². The van der Waals surface area contributed by atoms with E-state index in [1.54, 1.807) is 29.4 Å². The van der Waals surface area contributed by atoms with Crippen LogP contribution in [0.2, 0.25) is 0 Å². The molecule has 2 saturated heterocycles. The summed E-state index contributed by atoms with van der Waals surface area (Å²) in [6.07, 6.45) is 1.58. The quantitative estimate of drug-likeness (QED) is 0.397. The summed E-state index contributed by atoms with van der Waals surface area (Å²) in [7, 11) is 1.49. The zero-order valence-corrected chi connectivity index (χ0v) is 20.6. The van der Waals surface area contributed by atoms with Crippen LogP contribution < -0.4 is 15.6 Å². The summed E-state index contributed by atoms with van der Waals surface area (Å²) in [4.78, 5) is 15.4. The Morgan fingerprint density at radius 3 is 2.56 bits per heavy atom. The number of ether oxygens (including phenoxy) is 1. The second-order valence-corrected chi connectivity index (χ2v) is 9.71. The predicted molar refractivity (Wildman–Crippen MR) is 128 cm³/mol. The number of fused-ring (bicyclic) bond motifs is 1. The molecule has 1 aromatic heterocycles. The van der Waals surface area contributed by atoms with Crippen LogP contribution in [0.3, 0.4) is 0 Å². The minimum Gasteiger partial charge on any atom is -0.508 e. The maximum atomic E-state index is 13.6. The second kappa shape index (κ2) is 8.65. The highest BCUT2D eigenvalue weighted by Crippen LogP contribution is 2.51. The van der Waals surface area contributed by atoms with Crippen LogP contribution in [0.15, 0.2) is 51.6 Å². The molecule has 0 spiro atoms. The van der Waals surface area contributed by atoms with Crippen LogP contribution in [0.5, 0.6) is 17.2 Å². The Hall–Kier alpha value is -3.01. The predicted octanol–water partition coefficient (Wildman–Crippen LogP) is 4.00. The first kappa shape index (κ1) is 22.8. The van der Waals surface area contributed by atoms with Gasteiger partial charge < -0.3 is 24.3 Å². The SMILES string of the molecule is COc1cc(C2C3C(NNC3c3cc(C)c(C)cc3O)C(=O)N2Cc2ccco2)cc(Br)c1O. The van der Waals surface area contributed by atoms with Crippen molar-refractivity contribution in [3.8, 4) is 17.2 Å². The molecule has 0 saturated carbocycles. The van der Waals surface area contributed by atoms with Crippen molar-refractivity contribution < 1.29 is 24.2 Å². The number of rotatable bonds is 5. The normalized spacial score (nSPS) is 24.0. The third kappa shape index (κ3) is 3.64. The summed E-state index contributed by atoms with van der Waals surface area (Å²) in [5.41, 5.74) is 10.00. The van der Waals surface area contributed by atoms with Crippen LogP contribution >= 0.6 is 15.9 Å². The maximum absolute atomic E-state index is 13.6. The number of carbonyl (C=O) groups is 1. The van der Waals surface area contributed by atoms with Gasteiger partial charge >= 0.3 is 0 Å². The number of nitrogens with zero attached hydrogens (tertiary/aromatic N) is 1. The highest BCUT2D eigenvalue weighted by atomic mass is 79.9. The number of nitrogens with one attached hydrogen (secondary N) is 2. The van der Waals surface area contributed by atoms with E-state index in [2.05, 4.69) is 26.8 Å². The number of aromatic hydroxyl groups is 2. The fourth-order valence-corrected chi connectivity index (χ4v) is 5.57. The van der Waals surface area contributed by atoms with E-state index in [4.69, 9.17) is 9.15 Å². The Morgan fingerprint density at radius 1 is 1.12 bits per heavy atom. The molecule has 8 nitrogen and oxygen atoms in total. The van der Waals surface area contributed by atoms with Gasteiger partial charge in [-0.1, -0.05) is 6.07 Å². The molecular formula is C25H26BrN3O5. The van der Waals surface area contributed by atoms with E-state index in [-0.39, 0.29) is 42.0 Å². The number of likely N-dealkylation sites (tertiary alicyclic amines) is 1. The number of halogens is 1. The number of hydrogen-bond acceptors (Lipinski definition) is 7. The van der Waals surface area contributed by atoms with Crippen LogP contribution in [0, 0.1) is 19.8 Å². The molecule has 9 heteroatoms. The van der Waals surface area contributed by atoms with E-state index >= 15 is 0 Å². The molecular weight excluding hydrogens is 502 g/mol. The summed E-state index contributed by atoms with van der Waals surface area (Å²) in [5, 5.41) is 21.2. The monoisotopic (exact) mass is 527 g/mol. The molecule has 0 bridgehead atoms. The highest BCUT2D eigenvalue weighted by molar-refractivity contribution is 9.10. The number of benzene rings is 2. The largest absolute Gasteiger partial charge is 0.508 e. The van der Waals surface area contributed by atoms with Crippen molar-refractivity contribution in [3.63, 3.8) is 0 Å². The molecule has 1 amide bonds. The minimum absolute atomic E-state index is 0.00395. The first-order valence-electron chi connectivity index (χ1n) is 11.0. The Morgan fingerprint density at radius 2 is 1.85 bits per heavy atom. The van der Waals surface area contributed by atoms with Crippen LogP contribution in [-0.2, 0) is 11.3 Å². The van der Waals surface area contributed by atoms with Crippen molar-refractivity contribution >= 4 is 21.8 Å². The number of amides is 1. The Labute approximate surface area is 205 Å². The zero-order valence-electron chi connectivity index (χ0n) is 19.0. The van der Waals surface area contributed by atoms with Crippen LogP contribution in [0.4, 0.5) is 0 Å². The number of hydrogen-bond donors (Lipinski definition) is 4. The Balaban J connectivity index is 1.64. The van der Waals surface area contributed by atoms with Gasteiger partial charge in [0.2, 0.25) is 5.91 Å². The Kier molecular flexibility index (Phi) is 5.79. The first-order chi connectivity index (χ1) is 16.3. The first-order valence-corrected chi connectivity index (χ1v) is 11.8. The number of phenolic OH excluding ortho intramolecular Hbond substituents is 2. The summed E-state index contributed by atoms with van der Waals surface area (Å²) < 4.78 is 11.4. The molecule has 5 rings (SSSR count). The van der Waals surface area contributed by atoms with Gasteiger partial charge in [-0.2, -0.15) is 0 Å². The molecule has 178 valence electrons. The number of hydrazine groups is 1. The lowest BCUT2D eigenvalue weighted by Gasteiger charge is -2.31. The third-order valence-electron chi connectivity index (χ3n) is 6.91. The smallest absolute Gasteiger partial charge is 0.242 e. The molecule has 4 unspecified atom stereocenters. The fraction of sp³-hybridized carbons (Fsp3) is 0.320. The molecule has 0 aliphatic carbocycles. The van der Waals surface area contributed by atoms with Crippen molar-refractivity contribution in [2.45, 2.75) is 38.5 Å². The number of furan rings is 1. The van der Waals surface area contributed by atoms with Crippen molar-refractivity contribution in [1.82, 2.24) is 15.8 Å².